The van der Waals surface area contributed by atoms with Gasteiger partial charge >= 0.3 is 0 Å². The second-order valence-electron chi connectivity index (χ2n) is 9.05. The maximum Gasteiger partial charge on any atom is 0.0979 e. The number of ether oxygens (including phenoxy) is 1. The van der Waals surface area contributed by atoms with Crippen molar-refractivity contribution < 1.29 is 4.74 Å². The van der Waals surface area contributed by atoms with Gasteiger partial charge < -0.3 is 15.8 Å². The molecule has 1 aliphatic rings. The molecule has 0 spiro atoms. The molecule has 3 unspecified atom stereocenters. The molecule has 1 saturated heterocycles. The van der Waals surface area contributed by atoms with Crippen LogP contribution in [0.3, 0.4) is 0 Å². The van der Waals surface area contributed by atoms with Crippen molar-refractivity contribution in [3.05, 3.63) is 0 Å². The van der Waals surface area contributed by atoms with Gasteiger partial charge in [-0.25, -0.2) is 0 Å². The first-order chi connectivity index (χ1) is 13.1. The van der Waals surface area contributed by atoms with Gasteiger partial charge in [0, 0.05) is 19.1 Å². The summed E-state index contributed by atoms with van der Waals surface area (Å²) >= 11 is 0. The highest BCUT2D eigenvalue weighted by Gasteiger charge is 2.41. The number of nitrogens with one attached hydrogen (secondary N) is 1. The van der Waals surface area contributed by atoms with Gasteiger partial charge in [-0.2, -0.15) is 0 Å². The number of hydrogen-bond acceptors (Lipinski definition) is 3. The second-order valence-corrected chi connectivity index (χ2v) is 9.05. The average molecular weight is 383 g/mol. The summed E-state index contributed by atoms with van der Waals surface area (Å²) < 4.78 is 6.17. The predicted molar refractivity (Wildman–Crippen MR) is 119 cm³/mol. The van der Waals surface area contributed by atoms with Crippen molar-refractivity contribution in [3.8, 4) is 0 Å². The van der Waals surface area contributed by atoms with E-state index >= 15 is 0 Å². The lowest BCUT2D eigenvalue weighted by atomic mass is 9.79. The fourth-order valence-electron chi connectivity index (χ4n) is 4.60. The first-order valence-corrected chi connectivity index (χ1v) is 12.2. The van der Waals surface area contributed by atoms with Gasteiger partial charge in [0.2, 0.25) is 0 Å². The molecule has 0 bridgehead atoms. The minimum Gasteiger partial charge on any atom is -0.370 e. The molecule has 3 nitrogen and oxygen atoms in total. The Balaban J connectivity index is 1.93. The molecule has 0 radical (unpaired) electrons. The van der Waals surface area contributed by atoms with Gasteiger partial charge in [0.1, 0.15) is 0 Å². The van der Waals surface area contributed by atoms with E-state index < -0.39 is 0 Å². The molecule has 1 heterocycles. The van der Waals surface area contributed by atoms with Crippen molar-refractivity contribution >= 4 is 0 Å². The second kappa shape index (κ2) is 15.8. The highest BCUT2D eigenvalue weighted by molar-refractivity contribution is 4.97. The van der Waals surface area contributed by atoms with E-state index in [0.29, 0.717) is 5.92 Å². The van der Waals surface area contributed by atoms with Gasteiger partial charge in [0.05, 0.1) is 12.2 Å². The lowest BCUT2D eigenvalue weighted by Crippen LogP contribution is -2.62. The van der Waals surface area contributed by atoms with E-state index in [1.165, 1.54) is 96.3 Å². The average Bonchev–Trinajstić information content (AvgIpc) is 2.68. The van der Waals surface area contributed by atoms with Crippen molar-refractivity contribution in [3.63, 3.8) is 0 Å². The van der Waals surface area contributed by atoms with Crippen molar-refractivity contribution in [1.82, 2.24) is 5.32 Å². The zero-order valence-corrected chi connectivity index (χ0v) is 18.9. The zero-order chi connectivity index (χ0) is 19.8. The Bertz CT molecular complexity index is 326. The van der Waals surface area contributed by atoms with Crippen LogP contribution >= 0.6 is 0 Å². The van der Waals surface area contributed by atoms with Crippen LogP contribution in [0.5, 0.6) is 0 Å². The zero-order valence-electron chi connectivity index (χ0n) is 18.9. The number of morpholine rings is 1. The Labute approximate surface area is 170 Å². The monoisotopic (exact) mass is 382 g/mol. The number of rotatable bonds is 17. The van der Waals surface area contributed by atoms with Crippen molar-refractivity contribution in [1.29, 1.82) is 0 Å². The van der Waals surface area contributed by atoms with Crippen LogP contribution in [0.1, 0.15) is 117 Å². The number of hydrogen-bond donors (Lipinski definition) is 2. The minimum atomic E-state index is -0.158. The fourth-order valence-corrected chi connectivity index (χ4v) is 4.60. The van der Waals surface area contributed by atoms with Crippen LogP contribution in [-0.2, 0) is 4.74 Å². The smallest absolute Gasteiger partial charge is 0.0979 e. The predicted octanol–water partition coefficient (Wildman–Crippen LogP) is 6.20. The normalized spacial score (nSPS) is 22.7. The molecule has 3 atom stereocenters. The van der Waals surface area contributed by atoms with E-state index in [1.54, 1.807) is 0 Å². The highest BCUT2D eigenvalue weighted by Crippen LogP contribution is 2.30. The van der Waals surface area contributed by atoms with E-state index in [2.05, 4.69) is 26.1 Å². The quantitative estimate of drug-likeness (QED) is 0.294. The Morgan fingerprint density at radius 1 is 0.815 bits per heavy atom. The van der Waals surface area contributed by atoms with Crippen LogP contribution in [0.2, 0.25) is 0 Å². The third-order valence-electron chi connectivity index (χ3n) is 6.65. The molecule has 0 aromatic heterocycles. The molecule has 1 fully saturated rings. The summed E-state index contributed by atoms with van der Waals surface area (Å²) in [5.41, 5.74) is 6.13. The van der Waals surface area contributed by atoms with E-state index in [9.17, 15) is 0 Å². The molecular weight excluding hydrogens is 332 g/mol. The molecule has 0 aromatic rings. The summed E-state index contributed by atoms with van der Waals surface area (Å²) in [7, 11) is 0. The summed E-state index contributed by atoms with van der Waals surface area (Å²) in [4.78, 5) is 0. The van der Waals surface area contributed by atoms with E-state index in [4.69, 9.17) is 10.5 Å². The van der Waals surface area contributed by atoms with Gasteiger partial charge in [0.25, 0.3) is 0 Å². The molecule has 27 heavy (non-hydrogen) atoms. The largest absolute Gasteiger partial charge is 0.370 e. The molecule has 3 heteroatoms. The van der Waals surface area contributed by atoms with Crippen LogP contribution in [0.15, 0.2) is 0 Å². The molecule has 1 aliphatic heterocycles. The summed E-state index contributed by atoms with van der Waals surface area (Å²) in [5, 5.41) is 3.48. The maximum atomic E-state index is 6.29. The highest BCUT2D eigenvalue weighted by atomic mass is 16.5. The Morgan fingerprint density at radius 2 is 1.30 bits per heavy atom. The third-order valence-corrected chi connectivity index (χ3v) is 6.65. The van der Waals surface area contributed by atoms with Crippen LogP contribution < -0.4 is 11.1 Å². The van der Waals surface area contributed by atoms with Gasteiger partial charge in [0.15, 0.2) is 0 Å². The Morgan fingerprint density at radius 3 is 1.70 bits per heavy atom. The van der Waals surface area contributed by atoms with Crippen molar-refractivity contribution in [2.75, 3.05) is 19.7 Å². The Hall–Kier alpha value is -0.120. The third kappa shape index (κ3) is 10.3. The molecule has 0 amide bonds. The van der Waals surface area contributed by atoms with Crippen LogP contribution in [0.4, 0.5) is 0 Å². The van der Waals surface area contributed by atoms with Gasteiger partial charge in [-0.3, -0.25) is 0 Å². The van der Waals surface area contributed by atoms with Crippen LogP contribution in [-0.4, -0.2) is 31.3 Å². The van der Waals surface area contributed by atoms with Crippen molar-refractivity contribution in [2.45, 2.75) is 129 Å². The van der Waals surface area contributed by atoms with E-state index in [0.717, 1.165) is 19.7 Å². The SMILES string of the molecule is CCCCCCCCCCCCCCCCC(C)C1(C(C)N)CNCCO1. The lowest BCUT2D eigenvalue weighted by Gasteiger charge is -2.45. The van der Waals surface area contributed by atoms with Crippen molar-refractivity contribution in [2.24, 2.45) is 11.7 Å². The fraction of sp³-hybridized carbons (Fsp3) is 1.00. The molecule has 0 aromatic carbocycles. The minimum absolute atomic E-state index is 0.0898. The summed E-state index contributed by atoms with van der Waals surface area (Å²) in [6.07, 6.45) is 21.1. The number of unbranched alkanes of at least 4 members (excludes halogenated alkanes) is 13. The molecule has 162 valence electrons. The summed E-state index contributed by atoms with van der Waals surface area (Å²) in [6.45, 7) is 9.39. The molecular formula is C24H50N2O. The van der Waals surface area contributed by atoms with Crippen LogP contribution in [0, 0.1) is 5.92 Å². The topological polar surface area (TPSA) is 47.3 Å². The maximum absolute atomic E-state index is 6.29. The van der Waals surface area contributed by atoms with E-state index in [1.807, 2.05) is 0 Å². The Kier molecular flexibility index (Phi) is 14.5. The van der Waals surface area contributed by atoms with E-state index in [-0.39, 0.29) is 11.6 Å². The molecule has 3 N–H and O–H groups in total. The van der Waals surface area contributed by atoms with Gasteiger partial charge in [-0.15, -0.1) is 0 Å². The molecule has 0 saturated carbocycles. The van der Waals surface area contributed by atoms with Gasteiger partial charge in [-0.05, 0) is 19.3 Å². The van der Waals surface area contributed by atoms with Gasteiger partial charge in [-0.1, -0.05) is 104 Å². The first-order valence-electron chi connectivity index (χ1n) is 12.2. The summed E-state index contributed by atoms with van der Waals surface area (Å²) in [5.74, 6) is 0.530. The molecule has 0 aliphatic carbocycles. The number of nitrogens with two attached hydrogens (primary N) is 1. The standard InChI is InChI=1S/C24H50N2O/c1-4-5-6-7-8-9-10-11-12-13-14-15-16-17-18-22(2)24(23(3)25)21-26-19-20-27-24/h22-23,26H,4-21,25H2,1-3H3. The molecule has 1 rings (SSSR count). The summed E-state index contributed by atoms with van der Waals surface area (Å²) in [6, 6.07) is 0.0898. The van der Waals surface area contributed by atoms with Crippen LogP contribution in [0.25, 0.3) is 0 Å². The lowest BCUT2D eigenvalue weighted by molar-refractivity contribution is -0.115. The first kappa shape index (κ1) is 24.9.